The molecule has 0 aliphatic carbocycles. The lowest BCUT2D eigenvalue weighted by atomic mass is 10.2. The average Bonchev–Trinajstić information content (AvgIpc) is 1.88. The van der Waals surface area contributed by atoms with Gasteiger partial charge in [-0.3, -0.25) is 0 Å². The van der Waals surface area contributed by atoms with E-state index in [0.717, 1.165) is 12.1 Å². The van der Waals surface area contributed by atoms with Crippen molar-refractivity contribution >= 4 is 23.3 Å². The lowest BCUT2D eigenvalue weighted by molar-refractivity contribution is 0.0697. The summed E-state index contributed by atoms with van der Waals surface area (Å²) in [6.45, 7) is 0. The van der Waals surface area contributed by atoms with Gasteiger partial charge < -0.3 is 5.11 Å². The smallest absolute Gasteiger partial charge is 0.335 e. The van der Waals surface area contributed by atoms with Gasteiger partial charge in [-0.05, 0) is 24.3 Å². The Morgan fingerprint density at radius 3 is 2.09 bits per heavy atom. The molecule has 58 valence electrons. The van der Waals surface area contributed by atoms with Gasteiger partial charge in [0.05, 0.1) is 5.56 Å². The topological polar surface area (TPSA) is 37.3 Å². The van der Waals surface area contributed by atoms with Crippen molar-refractivity contribution in [1.29, 1.82) is 0 Å². The third-order valence-electron chi connectivity index (χ3n) is 1.09. The maximum Gasteiger partial charge on any atom is 0.335 e. The van der Waals surface area contributed by atoms with Gasteiger partial charge in [-0.2, -0.15) is 0 Å². The Hall–Kier alpha value is -0.848. The Labute approximate surface area is 73.8 Å². The van der Waals surface area contributed by atoms with E-state index < -0.39 is 11.8 Å². The summed E-state index contributed by atoms with van der Waals surface area (Å²) in [5.74, 6) is -1.47. The van der Waals surface area contributed by atoms with Crippen LogP contribution in [0.25, 0.3) is 0 Å². The standard InChI is InChI=1S/C7H5FO2.Al.3H/c8-6-3-1-5(2-4-6)7(9)10;;;;/h1-4H,(H,9,10);;;;. The van der Waals surface area contributed by atoms with Crippen LogP contribution in [0.15, 0.2) is 24.3 Å². The van der Waals surface area contributed by atoms with Gasteiger partial charge in [0.1, 0.15) is 5.82 Å². The van der Waals surface area contributed by atoms with Crippen molar-refractivity contribution in [1.82, 2.24) is 0 Å². The monoisotopic (exact) mass is 170 g/mol. The van der Waals surface area contributed by atoms with Crippen molar-refractivity contribution in [3.63, 3.8) is 0 Å². The molecule has 1 rings (SSSR count). The fraction of sp³-hybridized carbons (Fsp3) is 0. The van der Waals surface area contributed by atoms with Gasteiger partial charge in [-0.1, -0.05) is 0 Å². The van der Waals surface area contributed by atoms with Gasteiger partial charge >= 0.3 is 5.97 Å². The summed E-state index contributed by atoms with van der Waals surface area (Å²) in [5.41, 5.74) is 0.0985. The van der Waals surface area contributed by atoms with Crippen LogP contribution in [0.3, 0.4) is 0 Å². The number of halogens is 1. The molecule has 0 aliphatic rings. The summed E-state index contributed by atoms with van der Waals surface area (Å²) in [7, 11) is 0. The molecule has 0 aromatic heterocycles. The fourth-order valence-corrected chi connectivity index (χ4v) is 0.592. The van der Waals surface area contributed by atoms with Crippen molar-refractivity contribution in [3.8, 4) is 0 Å². The van der Waals surface area contributed by atoms with Gasteiger partial charge in [-0.25, -0.2) is 9.18 Å². The minimum Gasteiger partial charge on any atom is -0.478 e. The fourth-order valence-electron chi connectivity index (χ4n) is 0.592. The predicted octanol–water partition coefficient (Wildman–Crippen LogP) is 0.340. The first kappa shape index (κ1) is 10.2. The second kappa shape index (κ2) is 4.12. The van der Waals surface area contributed by atoms with Crippen molar-refractivity contribution in [2.75, 3.05) is 0 Å². The zero-order valence-electron chi connectivity index (χ0n) is 5.04. The second-order valence-electron chi connectivity index (χ2n) is 1.81. The Balaban J connectivity index is 0.000001000. The Morgan fingerprint density at radius 2 is 1.73 bits per heavy atom. The van der Waals surface area contributed by atoms with Crippen LogP contribution in [0, 0.1) is 5.82 Å². The largest absolute Gasteiger partial charge is 0.478 e. The number of carbonyl (C=O) groups is 1. The van der Waals surface area contributed by atoms with E-state index in [0.29, 0.717) is 0 Å². The quantitative estimate of drug-likeness (QED) is 0.617. The Morgan fingerprint density at radius 1 is 1.27 bits per heavy atom. The molecule has 0 saturated heterocycles. The molecular formula is C7H8AlFO2. The van der Waals surface area contributed by atoms with Crippen LogP contribution < -0.4 is 0 Å². The molecule has 0 saturated carbocycles. The van der Waals surface area contributed by atoms with Gasteiger partial charge in [-0.15, -0.1) is 0 Å². The van der Waals surface area contributed by atoms with Crippen molar-refractivity contribution in [2.45, 2.75) is 0 Å². The van der Waals surface area contributed by atoms with E-state index in [9.17, 15) is 9.18 Å². The summed E-state index contributed by atoms with van der Waals surface area (Å²) in [5, 5.41) is 8.35. The zero-order valence-corrected chi connectivity index (χ0v) is 5.04. The summed E-state index contributed by atoms with van der Waals surface area (Å²) in [4.78, 5) is 10.2. The van der Waals surface area contributed by atoms with Crippen molar-refractivity contribution in [2.24, 2.45) is 0 Å². The summed E-state index contributed by atoms with van der Waals surface area (Å²) >= 11 is 0. The van der Waals surface area contributed by atoms with E-state index in [1.807, 2.05) is 0 Å². The molecule has 0 heterocycles. The molecule has 0 aliphatic heterocycles. The van der Waals surface area contributed by atoms with Crippen LogP contribution in [-0.2, 0) is 0 Å². The highest BCUT2D eigenvalue weighted by Gasteiger charge is 1.99. The first-order chi connectivity index (χ1) is 4.70. The normalized spacial score (nSPS) is 8.45. The van der Waals surface area contributed by atoms with E-state index in [4.69, 9.17) is 5.11 Å². The number of rotatable bonds is 1. The number of carboxylic acids is 1. The number of benzene rings is 1. The third-order valence-corrected chi connectivity index (χ3v) is 1.09. The molecule has 0 spiro atoms. The molecule has 0 unspecified atom stereocenters. The lowest BCUT2D eigenvalue weighted by Gasteiger charge is -1.90. The Kier molecular flexibility index (Phi) is 3.80. The van der Waals surface area contributed by atoms with E-state index in [1.54, 1.807) is 0 Å². The molecule has 2 nitrogen and oxygen atoms in total. The maximum atomic E-state index is 12.2. The SMILES string of the molecule is O=C(O)c1ccc(F)cc1.[AlH3]. The number of hydrogen-bond donors (Lipinski definition) is 1. The summed E-state index contributed by atoms with van der Waals surface area (Å²) in [6.07, 6.45) is 0. The highest BCUT2D eigenvalue weighted by Crippen LogP contribution is 2.01. The second-order valence-corrected chi connectivity index (χ2v) is 1.81. The van der Waals surface area contributed by atoms with E-state index in [-0.39, 0.29) is 22.9 Å². The van der Waals surface area contributed by atoms with Gasteiger partial charge in [0, 0.05) is 0 Å². The third kappa shape index (κ3) is 2.71. The van der Waals surface area contributed by atoms with Crippen LogP contribution in [0.1, 0.15) is 10.4 Å². The molecule has 1 aromatic carbocycles. The van der Waals surface area contributed by atoms with Gasteiger partial charge in [0.25, 0.3) is 0 Å². The van der Waals surface area contributed by atoms with E-state index in [1.165, 1.54) is 12.1 Å². The molecule has 0 radical (unpaired) electrons. The number of aromatic carboxylic acids is 1. The minimum atomic E-state index is -1.04. The van der Waals surface area contributed by atoms with Crippen LogP contribution in [0.4, 0.5) is 4.39 Å². The van der Waals surface area contributed by atoms with E-state index in [2.05, 4.69) is 0 Å². The molecule has 1 N–H and O–H groups in total. The molecule has 1 aromatic rings. The molecule has 4 heteroatoms. The summed E-state index contributed by atoms with van der Waals surface area (Å²) < 4.78 is 12.2. The molecule has 0 bridgehead atoms. The maximum absolute atomic E-state index is 12.2. The minimum absolute atomic E-state index is 0. The summed E-state index contributed by atoms with van der Waals surface area (Å²) in [6, 6.07) is 4.67. The average molecular weight is 170 g/mol. The molecule has 0 fully saturated rings. The van der Waals surface area contributed by atoms with Gasteiger partial charge in [0.2, 0.25) is 0 Å². The van der Waals surface area contributed by atoms with E-state index >= 15 is 0 Å². The molecular weight excluding hydrogens is 162 g/mol. The number of hydrogen-bond acceptors (Lipinski definition) is 1. The molecule has 0 amide bonds. The van der Waals surface area contributed by atoms with Crippen molar-refractivity contribution in [3.05, 3.63) is 35.6 Å². The van der Waals surface area contributed by atoms with Crippen LogP contribution in [0.2, 0.25) is 0 Å². The molecule has 0 atom stereocenters. The zero-order chi connectivity index (χ0) is 7.56. The molecule has 11 heavy (non-hydrogen) atoms. The highest BCUT2D eigenvalue weighted by molar-refractivity contribution is 5.87. The van der Waals surface area contributed by atoms with Crippen molar-refractivity contribution < 1.29 is 14.3 Å². The van der Waals surface area contributed by atoms with Gasteiger partial charge in [0.15, 0.2) is 17.4 Å². The predicted molar refractivity (Wildman–Crippen MR) is 43.3 cm³/mol. The first-order valence-corrected chi connectivity index (χ1v) is 2.69. The lowest BCUT2D eigenvalue weighted by Crippen LogP contribution is -1.94. The van der Waals surface area contributed by atoms with Crippen LogP contribution in [-0.4, -0.2) is 28.4 Å². The Bertz CT molecular complexity index is 245. The highest BCUT2D eigenvalue weighted by atomic mass is 27.0. The first-order valence-electron chi connectivity index (χ1n) is 2.69. The van der Waals surface area contributed by atoms with Crippen LogP contribution in [0.5, 0.6) is 0 Å². The number of carboxylic acid groups (broad SMARTS) is 1. The van der Waals surface area contributed by atoms with Crippen LogP contribution >= 0.6 is 0 Å².